The smallest absolute Gasteiger partial charge is 0.387 e. The molecule has 0 unspecified atom stereocenters. The van der Waals surface area contributed by atoms with Gasteiger partial charge in [-0.15, -0.1) is 4.57 Å². The molecule has 0 aliphatic heterocycles. The van der Waals surface area contributed by atoms with Gasteiger partial charge in [0.2, 0.25) is 11.6 Å². The SMILES string of the molecule is COC(=O)c1oc(-c2cccc3ccccc23)[n+](-c2ccccc2)c1[O-]. The Morgan fingerprint density at radius 1 is 0.962 bits per heavy atom. The number of esters is 1. The van der Waals surface area contributed by atoms with Crippen LogP contribution in [0.15, 0.2) is 77.2 Å². The molecule has 0 amide bonds. The van der Waals surface area contributed by atoms with Crippen LogP contribution in [-0.4, -0.2) is 13.1 Å². The number of hydrogen-bond acceptors (Lipinski definition) is 4. The number of fused-ring (bicyclic) bond motifs is 1. The molecule has 3 aromatic carbocycles. The van der Waals surface area contributed by atoms with Crippen LogP contribution in [0.4, 0.5) is 0 Å². The number of benzene rings is 3. The zero-order chi connectivity index (χ0) is 18.1. The Labute approximate surface area is 149 Å². The molecule has 0 N–H and O–H groups in total. The maximum absolute atomic E-state index is 12.9. The van der Waals surface area contributed by atoms with Crippen LogP contribution in [0.1, 0.15) is 10.6 Å². The van der Waals surface area contributed by atoms with Crippen LogP contribution in [-0.2, 0) is 4.74 Å². The number of nitrogens with zero attached hydrogens (tertiary/aromatic N) is 1. The minimum Gasteiger partial charge on any atom is -0.820 e. The Bertz CT molecular complexity index is 1090. The molecule has 0 spiro atoms. The minimum atomic E-state index is -0.800. The second kappa shape index (κ2) is 6.37. The fraction of sp³-hybridized carbons (Fsp3) is 0.0476. The summed E-state index contributed by atoms with van der Waals surface area (Å²) in [6.07, 6.45) is 0. The number of aromatic nitrogens is 1. The van der Waals surface area contributed by atoms with Gasteiger partial charge in [-0.1, -0.05) is 54.6 Å². The van der Waals surface area contributed by atoms with Gasteiger partial charge in [0.15, 0.2) is 0 Å². The molecule has 4 aromatic rings. The minimum absolute atomic E-state index is 0.290. The molecular formula is C21H15NO4. The molecule has 0 bridgehead atoms. The summed E-state index contributed by atoms with van der Waals surface area (Å²) in [6, 6.07) is 22.6. The summed E-state index contributed by atoms with van der Waals surface area (Å²) in [5.41, 5.74) is 1.33. The van der Waals surface area contributed by atoms with Crippen LogP contribution in [0.3, 0.4) is 0 Å². The van der Waals surface area contributed by atoms with E-state index >= 15 is 0 Å². The van der Waals surface area contributed by atoms with Crippen LogP contribution in [0.5, 0.6) is 5.88 Å². The predicted octanol–water partition coefficient (Wildman–Crippen LogP) is 3.24. The monoisotopic (exact) mass is 345 g/mol. The standard InChI is InChI=1S/C21H15NO4/c1-25-21(24)18-19(23)22(15-10-3-2-4-11-15)20(26-18)17-13-7-9-14-8-5-6-12-16(14)17/h2-13H,1H3. The lowest BCUT2D eigenvalue weighted by Gasteiger charge is -2.04. The van der Waals surface area contributed by atoms with Gasteiger partial charge in [-0.2, -0.15) is 0 Å². The Balaban J connectivity index is 2.06. The van der Waals surface area contributed by atoms with E-state index in [1.165, 1.54) is 11.7 Å². The van der Waals surface area contributed by atoms with Crippen molar-refractivity contribution in [1.82, 2.24) is 0 Å². The highest BCUT2D eigenvalue weighted by Crippen LogP contribution is 2.31. The van der Waals surface area contributed by atoms with Gasteiger partial charge in [0.1, 0.15) is 0 Å². The number of carbonyl (C=O) groups excluding carboxylic acids is 1. The molecule has 0 radical (unpaired) electrons. The van der Waals surface area contributed by atoms with Crippen molar-refractivity contribution in [3.63, 3.8) is 0 Å². The highest BCUT2D eigenvalue weighted by atomic mass is 16.5. The lowest BCUT2D eigenvalue weighted by atomic mass is 10.0. The molecule has 5 heteroatoms. The first kappa shape index (κ1) is 15.9. The van der Waals surface area contributed by atoms with Crippen molar-refractivity contribution in [1.29, 1.82) is 0 Å². The molecule has 0 aliphatic carbocycles. The van der Waals surface area contributed by atoms with Crippen molar-refractivity contribution < 1.29 is 23.6 Å². The van der Waals surface area contributed by atoms with E-state index in [1.54, 1.807) is 12.1 Å². The Kier molecular flexibility index (Phi) is 3.89. The summed E-state index contributed by atoms with van der Waals surface area (Å²) in [5, 5.41) is 14.8. The van der Waals surface area contributed by atoms with E-state index < -0.39 is 11.8 Å². The number of rotatable bonds is 3. The highest BCUT2D eigenvalue weighted by molar-refractivity contribution is 5.95. The number of para-hydroxylation sites is 1. The number of hydrogen-bond donors (Lipinski definition) is 0. The van der Waals surface area contributed by atoms with E-state index in [9.17, 15) is 9.90 Å². The first-order valence-corrected chi connectivity index (χ1v) is 8.08. The molecule has 1 aromatic heterocycles. The highest BCUT2D eigenvalue weighted by Gasteiger charge is 2.31. The van der Waals surface area contributed by atoms with E-state index in [0.717, 1.165) is 16.3 Å². The molecule has 0 fully saturated rings. The van der Waals surface area contributed by atoms with Crippen molar-refractivity contribution in [2.24, 2.45) is 0 Å². The quantitative estimate of drug-likeness (QED) is 0.422. The summed E-state index contributed by atoms with van der Waals surface area (Å²) >= 11 is 0. The fourth-order valence-corrected chi connectivity index (χ4v) is 3.00. The molecular weight excluding hydrogens is 330 g/mol. The number of ether oxygens (including phenoxy) is 1. The number of methoxy groups -OCH3 is 1. The van der Waals surface area contributed by atoms with Crippen molar-refractivity contribution in [2.75, 3.05) is 7.11 Å². The normalized spacial score (nSPS) is 10.8. The molecule has 4 rings (SSSR count). The first-order chi connectivity index (χ1) is 12.7. The second-order valence-electron chi connectivity index (χ2n) is 5.73. The van der Waals surface area contributed by atoms with Crippen LogP contribution >= 0.6 is 0 Å². The lowest BCUT2D eigenvalue weighted by Crippen LogP contribution is -2.35. The first-order valence-electron chi connectivity index (χ1n) is 8.08. The van der Waals surface area contributed by atoms with E-state index in [0.29, 0.717) is 11.6 Å². The van der Waals surface area contributed by atoms with Crippen LogP contribution in [0, 0.1) is 0 Å². The molecule has 0 saturated heterocycles. The molecule has 5 nitrogen and oxygen atoms in total. The van der Waals surface area contributed by atoms with Crippen LogP contribution in [0.25, 0.3) is 27.9 Å². The summed E-state index contributed by atoms with van der Waals surface area (Å²) in [4.78, 5) is 12.0. The van der Waals surface area contributed by atoms with Crippen molar-refractivity contribution >= 4 is 16.7 Å². The van der Waals surface area contributed by atoms with E-state index in [-0.39, 0.29) is 5.76 Å². The zero-order valence-electron chi connectivity index (χ0n) is 14.0. The van der Waals surface area contributed by atoms with Gasteiger partial charge in [-0.05, 0) is 16.8 Å². The third kappa shape index (κ3) is 2.50. The average molecular weight is 345 g/mol. The fourth-order valence-electron chi connectivity index (χ4n) is 3.00. The Morgan fingerprint density at radius 2 is 1.65 bits per heavy atom. The van der Waals surface area contributed by atoms with E-state index in [2.05, 4.69) is 0 Å². The van der Waals surface area contributed by atoms with Crippen molar-refractivity contribution in [2.45, 2.75) is 0 Å². The molecule has 0 saturated carbocycles. The summed E-state index contributed by atoms with van der Waals surface area (Å²) in [5.74, 6) is -1.41. The number of oxazole rings is 1. The van der Waals surface area contributed by atoms with E-state index in [1.807, 2.05) is 60.7 Å². The van der Waals surface area contributed by atoms with Crippen LogP contribution < -0.4 is 9.67 Å². The molecule has 1 heterocycles. The van der Waals surface area contributed by atoms with E-state index in [4.69, 9.17) is 9.15 Å². The van der Waals surface area contributed by atoms with Crippen molar-refractivity contribution in [3.05, 3.63) is 78.6 Å². The third-order valence-corrected chi connectivity index (χ3v) is 4.20. The maximum Gasteiger partial charge on any atom is 0.387 e. The van der Waals surface area contributed by atoms with Gasteiger partial charge < -0.3 is 14.3 Å². The predicted molar refractivity (Wildman–Crippen MR) is 94.0 cm³/mol. The number of carbonyl (C=O) groups is 1. The largest absolute Gasteiger partial charge is 0.820 e. The Morgan fingerprint density at radius 3 is 2.42 bits per heavy atom. The summed E-state index contributed by atoms with van der Waals surface area (Å²) in [7, 11) is 1.22. The molecule has 0 aliphatic rings. The summed E-state index contributed by atoms with van der Waals surface area (Å²) in [6.45, 7) is 0. The molecule has 128 valence electrons. The van der Waals surface area contributed by atoms with Gasteiger partial charge in [-0.25, -0.2) is 4.79 Å². The second-order valence-corrected chi connectivity index (χ2v) is 5.73. The van der Waals surface area contributed by atoms with Gasteiger partial charge in [0.05, 0.1) is 12.7 Å². The average Bonchev–Trinajstić information content (AvgIpc) is 3.04. The third-order valence-electron chi connectivity index (χ3n) is 4.20. The molecule has 0 atom stereocenters. The Hall–Kier alpha value is -3.60. The van der Waals surface area contributed by atoms with Gasteiger partial charge >= 0.3 is 11.9 Å². The topological polar surface area (TPSA) is 66.4 Å². The lowest BCUT2D eigenvalue weighted by molar-refractivity contribution is -0.641. The van der Waals surface area contributed by atoms with Gasteiger partial charge in [-0.3, -0.25) is 0 Å². The van der Waals surface area contributed by atoms with Gasteiger partial charge in [0.25, 0.3) is 5.76 Å². The zero-order valence-corrected chi connectivity index (χ0v) is 14.0. The maximum atomic E-state index is 12.9. The van der Waals surface area contributed by atoms with Crippen LogP contribution in [0.2, 0.25) is 0 Å². The summed E-state index contributed by atoms with van der Waals surface area (Å²) < 4.78 is 11.8. The van der Waals surface area contributed by atoms with Crippen molar-refractivity contribution in [3.8, 4) is 23.0 Å². The van der Waals surface area contributed by atoms with Gasteiger partial charge in [0, 0.05) is 12.1 Å². The molecule has 26 heavy (non-hydrogen) atoms.